The fraction of sp³-hybridized carbons (Fsp3) is 0.154. The van der Waals surface area contributed by atoms with E-state index in [0.717, 1.165) is 6.07 Å². The Bertz CT molecular complexity index is 584. The molecule has 0 bridgehead atoms. The molecule has 0 fully saturated rings. The SMILES string of the molecule is Cc1ccc(-c2ccc(C=O)s2)cc1C(F)(F)F. The molecule has 18 heavy (non-hydrogen) atoms. The number of carbonyl (C=O) groups is 1. The summed E-state index contributed by atoms with van der Waals surface area (Å²) in [5.74, 6) is 0. The maximum absolute atomic E-state index is 12.8. The molecule has 0 saturated carbocycles. The van der Waals surface area contributed by atoms with Gasteiger partial charge in [-0.1, -0.05) is 12.1 Å². The zero-order chi connectivity index (χ0) is 13.3. The zero-order valence-electron chi connectivity index (χ0n) is 9.41. The van der Waals surface area contributed by atoms with Gasteiger partial charge < -0.3 is 0 Å². The van der Waals surface area contributed by atoms with Gasteiger partial charge in [-0.05, 0) is 36.2 Å². The number of hydrogen-bond acceptors (Lipinski definition) is 2. The Morgan fingerprint density at radius 1 is 1.17 bits per heavy atom. The van der Waals surface area contributed by atoms with Crippen LogP contribution in [-0.2, 0) is 6.18 Å². The standard InChI is InChI=1S/C13H9F3OS/c1-8-2-3-9(6-11(8)13(14,15)16)12-5-4-10(7-17)18-12/h2-7H,1H3. The minimum Gasteiger partial charge on any atom is -0.297 e. The molecule has 2 rings (SSSR count). The van der Waals surface area contributed by atoms with Crippen LogP contribution in [0.3, 0.4) is 0 Å². The Kier molecular flexibility index (Phi) is 3.26. The van der Waals surface area contributed by atoms with Gasteiger partial charge in [0.25, 0.3) is 0 Å². The number of thiophene rings is 1. The predicted molar refractivity (Wildman–Crippen MR) is 64.9 cm³/mol. The van der Waals surface area contributed by atoms with E-state index in [9.17, 15) is 18.0 Å². The summed E-state index contributed by atoms with van der Waals surface area (Å²) in [5, 5.41) is 0. The van der Waals surface area contributed by atoms with Crippen molar-refractivity contribution in [3.63, 3.8) is 0 Å². The third kappa shape index (κ3) is 2.46. The van der Waals surface area contributed by atoms with E-state index in [-0.39, 0.29) is 5.56 Å². The lowest BCUT2D eigenvalue weighted by atomic mass is 10.0. The highest BCUT2D eigenvalue weighted by Gasteiger charge is 2.32. The maximum atomic E-state index is 12.8. The molecule has 0 saturated heterocycles. The van der Waals surface area contributed by atoms with Crippen molar-refractivity contribution < 1.29 is 18.0 Å². The van der Waals surface area contributed by atoms with E-state index >= 15 is 0 Å². The van der Waals surface area contributed by atoms with Gasteiger partial charge in [-0.15, -0.1) is 11.3 Å². The summed E-state index contributed by atoms with van der Waals surface area (Å²) >= 11 is 1.18. The summed E-state index contributed by atoms with van der Waals surface area (Å²) in [7, 11) is 0. The van der Waals surface area contributed by atoms with E-state index in [4.69, 9.17) is 0 Å². The van der Waals surface area contributed by atoms with Crippen LogP contribution in [0.1, 0.15) is 20.8 Å². The number of halogens is 3. The average molecular weight is 270 g/mol. The highest BCUT2D eigenvalue weighted by molar-refractivity contribution is 7.17. The molecule has 1 aromatic carbocycles. The largest absolute Gasteiger partial charge is 0.416 e. The van der Waals surface area contributed by atoms with Gasteiger partial charge in [-0.25, -0.2) is 0 Å². The smallest absolute Gasteiger partial charge is 0.297 e. The van der Waals surface area contributed by atoms with E-state index in [1.165, 1.54) is 24.3 Å². The molecular weight excluding hydrogens is 261 g/mol. The molecule has 1 heterocycles. The van der Waals surface area contributed by atoms with Crippen LogP contribution in [0.5, 0.6) is 0 Å². The third-order valence-electron chi connectivity index (χ3n) is 2.57. The van der Waals surface area contributed by atoms with Gasteiger partial charge in [0.15, 0.2) is 6.29 Å². The summed E-state index contributed by atoms with van der Waals surface area (Å²) in [6.07, 6.45) is -3.67. The Morgan fingerprint density at radius 2 is 1.89 bits per heavy atom. The van der Waals surface area contributed by atoms with Crippen molar-refractivity contribution in [1.29, 1.82) is 0 Å². The Balaban J connectivity index is 2.50. The van der Waals surface area contributed by atoms with Crippen molar-refractivity contribution in [1.82, 2.24) is 0 Å². The number of aldehydes is 1. The molecule has 0 aliphatic carbocycles. The molecule has 0 atom stereocenters. The fourth-order valence-electron chi connectivity index (χ4n) is 1.65. The van der Waals surface area contributed by atoms with Crippen LogP contribution in [-0.4, -0.2) is 6.29 Å². The van der Waals surface area contributed by atoms with Crippen LogP contribution in [0.15, 0.2) is 30.3 Å². The lowest BCUT2D eigenvalue weighted by Crippen LogP contribution is -2.07. The first-order chi connectivity index (χ1) is 8.41. The zero-order valence-corrected chi connectivity index (χ0v) is 10.2. The van der Waals surface area contributed by atoms with Crippen molar-refractivity contribution in [2.75, 3.05) is 0 Å². The minimum atomic E-state index is -4.36. The van der Waals surface area contributed by atoms with Gasteiger partial charge in [0.05, 0.1) is 10.4 Å². The second kappa shape index (κ2) is 4.57. The molecule has 5 heteroatoms. The molecule has 1 nitrogen and oxygen atoms in total. The van der Waals surface area contributed by atoms with E-state index in [2.05, 4.69) is 0 Å². The number of carbonyl (C=O) groups excluding carboxylic acids is 1. The highest BCUT2D eigenvalue weighted by Crippen LogP contribution is 2.36. The second-order valence-corrected chi connectivity index (χ2v) is 4.96. The van der Waals surface area contributed by atoms with Gasteiger partial charge in [-0.3, -0.25) is 4.79 Å². The lowest BCUT2D eigenvalue weighted by Gasteiger charge is -2.11. The van der Waals surface area contributed by atoms with Gasteiger partial charge in [0.1, 0.15) is 0 Å². The van der Waals surface area contributed by atoms with Crippen LogP contribution in [0.2, 0.25) is 0 Å². The first kappa shape index (κ1) is 12.8. The van der Waals surface area contributed by atoms with E-state index < -0.39 is 11.7 Å². The molecule has 2 aromatic rings. The van der Waals surface area contributed by atoms with E-state index in [0.29, 0.717) is 21.6 Å². The van der Waals surface area contributed by atoms with Gasteiger partial charge in [0.2, 0.25) is 0 Å². The molecule has 0 aliphatic heterocycles. The molecule has 94 valence electrons. The molecule has 0 spiro atoms. The van der Waals surface area contributed by atoms with Gasteiger partial charge in [-0.2, -0.15) is 13.2 Å². The lowest BCUT2D eigenvalue weighted by molar-refractivity contribution is -0.138. The number of hydrogen-bond donors (Lipinski definition) is 0. The number of benzene rings is 1. The topological polar surface area (TPSA) is 17.1 Å². The highest BCUT2D eigenvalue weighted by atomic mass is 32.1. The summed E-state index contributed by atoms with van der Waals surface area (Å²) in [6.45, 7) is 1.43. The predicted octanol–water partition coefficient (Wildman–Crippen LogP) is 4.55. The molecule has 0 amide bonds. The first-order valence-electron chi connectivity index (χ1n) is 5.15. The van der Waals surface area contributed by atoms with Gasteiger partial charge >= 0.3 is 6.18 Å². The Labute approximate surface area is 106 Å². The van der Waals surface area contributed by atoms with Crippen molar-refractivity contribution in [2.45, 2.75) is 13.1 Å². The third-order valence-corrected chi connectivity index (χ3v) is 3.63. The van der Waals surface area contributed by atoms with Crippen LogP contribution in [0.4, 0.5) is 13.2 Å². The van der Waals surface area contributed by atoms with Crippen molar-refractivity contribution in [3.05, 3.63) is 46.3 Å². The number of alkyl halides is 3. The van der Waals surface area contributed by atoms with Crippen molar-refractivity contribution >= 4 is 17.6 Å². The minimum absolute atomic E-state index is 0.193. The fourth-order valence-corrected chi connectivity index (χ4v) is 2.47. The summed E-state index contributed by atoms with van der Waals surface area (Å²) in [6, 6.07) is 7.44. The van der Waals surface area contributed by atoms with Crippen molar-refractivity contribution in [2.24, 2.45) is 0 Å². The molecular formula is C13H9F3OS. The Morgan fingerprint density at radius 3 is 2.44 bits per heavy atom. The van der Waals surface area contributed by atoms with Crippen LogP contribution in [0, 0.1) is 6.92 Å². The normalized spacial score (nSPS) is 11.6. The van der Waals surface area contributed by atoms with E-state index in [1.54, 1.807) is 18.2 Å². The first-order valence-corrected chi connectivity index (χ1v) is 5.96. The number of rotatable bonds is 2. The van der Waals surface area contributed by atoms with Gasteiger partial charge in [0, 0.05) is 4.88 Å². The molecule has 0 N–H and O–H groups in total. The van der Waals surface area contributed by atoms with E-state index in [1.807, 2.05) is 0 Å². The Hall–Kier alpha value is -1.62. The van der Waals surface area contributed by atoms with Crippen LogP contribution >= 0.6 is 11.3 Å². The van der Waals surface area contributed by atoms with Crippen LogP contribution in [0.25, 0.3) is 10.4 Å². The molecule has 0 unspecified atom stereocenters. The number of aryl methyl sites for hydroxylation is 1. The maximum Gasteiger partial charge on any atom is 0.416 e. The summed E-state index contributed by atoms with van der Waals surface area (Å²) in [4.78, 5) is 11.7. The molecule has 0 radical (unpaired) electrons. The molecule has 1 aromatic heterocycles. The summed E-state index contributed by atoms with van der Waals surface area (Å²) < 4.78 is 38.3. The monoisotopic (exact) mass is 270 g/mol. The van der Waals surface area contributed by atoms with Crippen molar-refractivity contribution in [3.8, 4) is 10.4 Å². The quantitative estimate of drug-likeness (QED) is 0.731. The summed E-state index contributed by atoms with van der Waals surface area (Å²) in [5.41, 5.74) is 0.0329. The molecule has 0 aliphatic rings. The van der Waals surface area contributed by atoms with Crippen LogP contribution < -0.4 is 0 Å². The second-order valence-electron chi connectivity index (χ2n) is 3.85. The average Bonchev–Trinajstić information content (AvgIpc) is 2.76.